The summed E-state index contributed by atoms with van der Waals surface area (Å²) < 4.78 is 51.7. The summed E-state index contributed by atoms with van der Waals surface area (Å²) in [5, 5.41) is 14.6. The van der Waals surface area contributed by atoms with Crippen molar-refractivity contribution in [3.8, 4) is 6.07 Å². The van der Waals surface area contributed by atoms with Crippen LogP contribution in [-0.4, -0.2) is 94.2 Å². The van der Waals surface area contributed by atoms with Gasteiger partial charge in [-0.25, -0.2) is 24.5 Å². The van der Waals surface area contributed by atoms with E-state index in [9.17, 15) is 24.2 Å². The number of carbonyl (C=O) groups excluding carboxylic acids is 2. The highest BCUT2D eigenvalue weighted by atomic mass is 32.1. The van der Waals surface area contributed by atoms with Gasteiger partial charge in [0, 0.05) is 24.3 Å². The van der Waals surface area contributed by atoms with E-state index in [1.54, 1.807) is 49.0 Å². The number of nitrogens with one attached hydrogen (secondary N) is 3. The van der Waals surface area contributed by atoms with Crippen LogP contribution in [0.4, 0.5) is 11.8 Å². The first-order valence-corrected chi connectivity index (χ1v) is 20.9. The second kappa shape index (κ2) is 19.5. The highest BCUT2D eigenvalue weighted by Crippen LogP contribution is 2.47. The average Bonchev–Trinajstić information content (AvgIpc) is 4.03. The van der Waals surface area contributed by atoms with Crippen LogP contribution in [-0.2, 0) is 36.9 Å². The maximum atomic E-state index is 12.9. The van der Waals surface area contributed by atoms with Gasteiger partial charge in [0.2, 0.25) is 11.9 Å². The Hall–Kier alpha value is -4.81. The van der Waals surface area contributed by atoms with Gasteiger partial charge in [-0.1, -0.05) is 32.0 Å². The van der Waals surface area contributed by atoms with Crippen LogP contribution < -0.4 is 16.2 Å². The lowest BCUT2D eigenvalue weighted by Gasteiger charge is -2.24. The topological polar surface area (TPSA) is 262 Å². The Morgan fingerprint density at radius 2 is 1.85 bits per heavy atom. The van der Waals surface area contributed by atoms with E-state index in [0.717, 1.165) is 0 Å². The fraction of sp³-hybridized carbons (Fsp3) is 0.457. The van der Waals surface area contributed by atoms with Gasteiger partial charge in [-0.05, 0) is 24.3 Å². The minimum Gasteiger partial charge on any atom is -0.352 e. The van der Waals surface area contributed by atoms with Gasteiger partial charge >= 0.3 is 17.3 Å². The molecule has 1 unspecified atom stereocenters. The van der Waals surface area contributed by atoms with E-state index in [2.05, 4.69) is 53.2 Å². The van der Waals surface area contributed by atoms with Crippen LogP contribution in [0.3, 0.4) is 0 Å². The molecule has 2 saturated heterocycles. The van der Waals surface area contributed by atoms with Crippen molar-refractivity contribution in [2.24, 2.45) is 5.92 Å². The molecule has 6 heterocycles. The van der Waals surface area contributed by atoms with Gasteiger partial charge in [0.25, 0.3) is 11.5 Å². The Morgan fingerprint density at radius 3 is 2.61 bits per heavy atom. The van der Waals surface area contributed by atoms with Crippen LogP contribution in [0.15, 0.2) is 54.1 Å². The molecule has 0 saturated carbocycles. The smallest absolute Gasteiger partial charge is 0.333 e. The largest absolute Gasteiger partial charge is 0.352 e. The normalized spacial score (nSPS) is 22.3. The molecule has 3 N–H and O–H groups in total. The van der Waals surface area contributed by atoms with E-state index in [-0.39, 0.29) is 66.7 Å². The van der Waals surface area contributed by atoms with Crippen molar-refractivity contribution in [2.45, 2.75) is 76.4 Å². The number of carbonyl (C=O) groups is 2. The number of benzene rings is 1. The Labute approximate surface area is 344 Å². The Morgan fingerprint density at radius 1 is 1.05 bits per heavy atom. The number of rotatable bonds is 18. The number of H-pyrrole nitrogens is 1. The van der Waals surface area contributed by atoms with E-state index in [1.807, 2.05) is 12.1 Å². The summed E-state index contributed by atoms with van der Waals surface area (Å²) in [4.78, 5) is 62.3. The molecule has 7 atom stereocenters. The summed E-state index contributed by atoms with van der Waals surface area (Å²) in [5.41, 5.74) is 0.797. The maximum absolute atomic E-state index is 12.9. The van der Waals surface area contributed by atoms with Gasteiger partial charge in [0.05, 0.1) is 56.7 Å². The Balaban J connectivity index is 1.05. The molecule has 0 bridgehead atoms. The lowest BCUT2D eigenvalue weighted by molar-refractivity contribution is -0.118. The van der Waals surface area contributed by atoms with E-state index in [0.29, 0.717) is 35.3 Å². The number of hydrogen-bond acceptors (Lipinski definition) is 17. The number of anilines is 2. The van der Waals surface area contributed by atoms with E-state index < -0.39 is 59.7 Å². The van der Waals surface area contributed by atoms with Crippen LogP contribution in [0.25, 0.3) is 22.3 Å². The molecule has 7 rings (SSSR count). The number of nitriles is 1. The number of ether oxygens (including phenoxy) is 2. The summed E-state index contributed by atoms with van der Waals surface area (Å²) in [5.74, 6) is -0.405. The van der Waals surface area contributed by atoms with E-state index in [1.165, 1.54) is 17.2 Å². The van der Waals surface area contributed by atoms with Crippen molar-refractivity contribution in [3.63, 3.8) is 0 Å². The molecule has 0 spiro atoms. The number of thiol groups is 1. The van der Waals surface area contributed by atoms with Crippen LogP contribution in [0, 0.1) is 17.2 Å². The molecule has 310 valence electrons. The zero-order valence-electron chi connectivity index (χ0n) is 31.6. The summed E-state index contributed by atoms with van der Waals surface area (Å²) in [6.45, 7) is 3.37. The monoisotopic (exact) mass is 867 g/mol. The van der Waals surface area contributed by atoms with E-state index in [4.69, 9.17) is 27.6 Å². The number of imidazole rings is 2. The van der Waals surface area contributed by atoms with Gasteiger partial charge in [0.15, 0.2) is 34.4 Å². The van der Waals surface area contributed by atoms with Gasteiger partial charge in [-0.3, -0.25) is 38.3 Å². The van der Waals surface area contributed by atoms with Crippen LogP contribution in [0.2, 0.25) is 0 Å². The standard InChI is InChI=1S/C35H39N11O10P2S/c1-19(2)31(47)43-35-42-30-27(33(49)44-35)40-18-46(30)34-24(55-57-50)13-21(53-34)15-52-58(51-11-6-10-36)56-23-14-25(54-22(23)9-12-59)45-17-39-26-28(37-16-38-29(26)45)41-32(48)20-7-4-3-5-8-20/h3-5,7-8,16-19,21-25,34,59H,6,9,11-15H2,1-2H3,(H,37,38,41,48)(H2,42,43,44,47,49)/t21-,22+,23-,24+,25+,34+,58?/m0/s1. The Kier molecular flexibility index (Phi) is 14.0. The first-order valence-electron chi connectivity index (χ1n) is 18.5. The predicted octanol–water partition coefficient (Wildman–Crippen LogP) is 4.85. The first-order chi connectivity index (χ1) is 28.7. The van der Waals surface area contributed by atoms with Crippen LogP contribution in [0.5, 0.6) is 0 Å². The molecule has 21 nitrogen and oxygen atoms in total. The third kappa shape index (κ3) is 9.81. The molecule has 59 heavy (non-hydrogen) atoms. The summed E-state index contributed by atoms with van der Waals surface area (Å²) >= 11 is 4.44. The molecule has 0 radical (unpaired) electrons. The van der Waals surface area contributed by atoms with Gasteiger partial charge in [-0.15, -0.1) is 0 Å². The number of aromatic amines is 1. The van der Waals surface area contributed by atoms with E-state index >= 15 is 0 Å². The zero-order valence-corrected chi connectivity index (χ0v) is 34.3. The molecule has 2 aliphatic heterocycles. The van der Waals surface area contributed by atoms with Crippen LogP contribution >= 0.6 is 29.9 Å². The van der Waals surface area contributed by atoms with Crippen molar-refractivity contribution in [1.29, 1.82) is 5.26 Å². The van der Waals surface area contributed by atoms with Gasteiger partial charge in [0.1, 0.15) is 18.7 Å². The highest BCUT2D eigenvalue weighted by Gasteiger charge is 2.42. The minimum atomic E-state index is -2.07. The third-order valence-electron chi connectivity index (χ3n) is 9.32. The van der Waals surface area contributed by atoms with Crippen molar-refractivity contribution < 1.29 is 41.7 Å². The average molecular weight is 868 g/mol. The fourth-order valence-corrected chi connectivity index (χ4v) is 8.18. The molecule has 2 fully saturated rings. The molecule has 24 heteroatoms. The molecule has 1 aromatic carbocycles. The summed E-state index contributed by atoms with van der Waals surface area (Å²) in [6.07, 6.45) is 1.47. The molecule has 2 aliphatic rings. The second-order valence-electron chi connectivity index (χ2n) is 13.6. The predicted molar refractivity (Wildman–Crippen MR) is 213 cm³/mol. The Bertz CT molecular complexity index is 2380. The fourth-order valence-electron chi connectivity index (χ4n) is 6.46. The number of fused-ring (bicyclic) bond motifs is 2. The lowest BCUT2D eigenvalue weighted by atomic mass is 10.1. The molecular formula is C35H39N11O10P2S. The SMILES string of the molecule is CC(C)C(=O)Nc1nc2c(ncn2[C@@H]2O[C@H](COP(OCCC#N)O[C@H]3C[C@H](n4cnc5c(NC(=O)c6ccccc6)ncnc54)O[C@@H]3CCS)C[C@H]2OP=O)c(=O)[nH]1. The maximum Gasteiger partial charge on any atom is 0.333 e. The number of aromatic nitrogens is 8. The number of hydrogen-bond donors (Lipinski definition) is 4. The lowest BCUT2D eigenvalue weighted by Crippen LogP contribution is -2.24. The van der Waals surface area contributed by atoms with Gasteiger partial charge in [-0.2, -0.15) is 22.9 Å². The number of nitrogens with zero attached hydrogens (tertiary/aromatic N) is 8. The van der Waals surface area contributed by atoms with Crippen LogP contribution in [0.1, 0.15) is 62.3 Å². The van der Waals surface area contributed by atoms with Crippen molar-refractivity contribution in [1.82, 2.24) is 39.0 Å². The summed E-state index contributed by atoms with van der Waals surface area (Å²) in [7, 11) is -2.68. The van der Waals surface area contributed by atoms with Crippen molar-refractivity contribution in [2.75, 3.05) is 29.6 Å². The third-order valence-corrected chi connectivity index (χ3v) is 11.1. The minimum absolute atomic E-state index is 0.00339. The molecular weight excluding hydrogens is 828 g/mol. The van der Waals surface area contributed by atoms with Gasteiger partial charge < -0.3 is 28.4 Å². The molecule has 2 amide bonds. The van der Waals surface area contributed by atoms with Crippen molar-refractivity contribution >= 4 is 75.8 Å². The number of amides is 2. The molecule has 5 aromatic rings. The molecule has 0 aliphatic carbocycles. The first kappa shape index (κ1) is 42.3. The highest BCUT2D eigenvalue weighted by molar-refractivity contribution is 7.80. The van der Waals surface area contributed by atoms with Crippen molar-refractivity contribution in [3.05, 3.63) is 65.2 Å². The molecule has 4 aromatic heterocycles. The summed E-state index contributed by atoms with van der Waals surface area (Å²) in [6, 6.07) is 10.8. The second-order valence-corrected chi connectivity index (χ2v) is 15.6. The zero-order chi connectivity index (χ0) is 41.5. The quantitative estimate of drug-likeness (QED) is 0.0521.